The Labute approximate surface area is 163 Å². The molecule has 4 nitrogen and oxygen atoms in total. The monoisotopic (exact) mass is 426 g/mol. The van der Waals surface area contributed by atoms with Gasteiger partial charge in [0.25, 0.3) is 0 Å². The summed E-state index contributed by atoms with van der Waals surface area (Å²) in [6.45, 7) is 1.98. The van der Waals surface area contributed by atoms with Crippen LogP contribution in [0.1, 0.15) is 44.1 Å². The maximum Gasteiger partial charge on any atom is 0.246 e. The molecule has 0 heterocycles. The quantitative estimate of drug-likeness (QED) is 0.673. The number of anilines is 1. The first kappa shape index (κ1) is 20.3. The Bertz CT molecular complexity index is 603. The molecule has 1 unspecified atom stereocenters. The highest BCUT2D eigenvalue weighted by atomic mass is 79.9. The van der Waals surface area contributed by atoms with Gasteiger partial charge in [0.05, 0.1) is 0 Å². The van der Waals surface area contributed by atoms with Crippen LogP contribution in [0.2, 0.25) is 0 Å². The van der Waals surface area contributed by atoms with Crippen LogP contribution in [-0.2, 0) is 9.59 Å². The van der Waals surface area contributed by atoms with E-state index < -0.39 is 6.04 Å². The highest BCUT2D eigenvalue weighted by Crippen LogP contribution is 2.24. The number of benzene rings is 1. The van der Waals surface area contributed by atoms with Crippen molar-refractivity contribution in [3.63, 3.8) is 0 Å². The standard InChI is InChI=1S/C19H27BrN2O2S/c1-13-12-15(8-9-16(13)20)21-19(24)17(10-11-25-2)22-18(23)14-6-4-3-5-7-14/h8-9,12,14,17H,3-7,10-11H2,1-2H3,(H,21,24)(H,22,23). The van der Waals surface area contributed by atoms with Gasteiger partial charge >= 0.3 is 0 Å². The zero-order valence-electron chi connectivity index (χ0n) is 14.9. The number of halogens is 1. The number of carbonyl (C=O) groups is 2. The molecule has 1 fully saturated rings. The molecule has 2 rings (SSSR count). The van der Waals surface area contributed by atoms with Crippen LogP contribution < -0.4 is 10.6 Å². The van der Waals surface area contributed by atoms with Crippen LogP contribution >= 0.6 is 27.7 Å². The molecule has 1 aliphatic carbocycles. The van der Waals surface area contributed by atoms with E-state index in [-0.39, 0.29) is 17.7 Å². The van der Waals surface area contributed by atoms with Crippen molar-refractivity contribution >= 4 is 45.2 Å². The Morgan fingerprint density at radius 2 is 2.00 bits per heavy atom. The Kier molecular flexibility index (Phi) is 8.30. The summed E-state index contributed by atoms with van der Waals surface area (Å²) in [7, 11) is 0. The highest BCUT2D eigenvalue weighted by molar-refractivity contribution is 9.10. The third kappa shape index (κ3) is 6.33. The third-order valence-electron chi connectivity index (χ3n) is 4.65. The minimum Gasteiger partial charge on any atom is -0.344 e. The molecule has 1 atom stereocenters. The van der Waals surface area contributed by atoms with Crippen molar-refractivity contribution in [1.82, 2.24) is 5.32 Å². The predicted molar refractivity (Wildman–Crippen MR) is 109 cm³/mol. The summed E-state index contributed by atoms with van der Waals surface area (Å²) in [5, 5.41) is 5.94. The number of nitrogens with one attached hydrogen (secondary N) is 2. The first-order chi connectivity index (χ1) is 12.0. The lowest BCUT2D eigenvalue weighted by molar-refractivity contribution is -0.130. The van der Waals surface area contributed by atoms with E-state index in [1.54, 1.807) is 11.8 Å². The molecule has 1 saturated carbocycles. The average molecular weight is 427 g/mol. The van der Waals surface area contributed by atoms with Gasteiger partial charge in [-0.25, -0.2) is 0 Å². The van der Waals surface area contributed by atoms with Crippen molar-refractivity contribution in [3.05, 3.63) is 28.2 Å². The van der Waals surface area contributed by atoms with Gasteiger partial charge in [0, 0.05) is 16.1 Å². The van der Waals surface area contributed by atoms with Crippen LogP contribution in [0.5, 0.6) is 0 Å². The molecule has 1 aromatic rings. The number of hydrogen-bond donors (Lipinski definition) is 2. The van der Waals surface area contributed by atoms with Gasteiger partial charge in [-0.3, -0.25) is 9.59 Å². The second-order valence-electron chi connectivity index (χ2n) is 6.63. The minimum atomic E-state index is -0.481. The van der Waals surface area contributed by atoms with Crippen molar-refractivity contribution in [2.24, 2.45) is 5.92 Å². The maximum atomic E-state index is 12.7. The number of amides is 2. The summed E-state index contributed by atoms with van der Waals surface area (Å²) < 4.78 is 1.01. The number of carbonyl (C=O) groups excluding carboxylic acids is 2. The number of aryl methyl sites for hydroxylation is 1. The van der Waals surface area contributed by atoms with Crippen molar-refractivity contribution in [2.75, 3.05) is 17.3 Å². The second-order valence-corrected chi connectivity index (χ2v) is 8.47. The number of rotatable bonds is 7. The second kappa shape index (κ2) is 10.2. The molecule has 1 aliphatic rings. The van der Waals surface area contributed by atoms with Gasteiger partial charge < -0.3 is 10.6 Å². The van der Waals surface area contributed by atoms with Crippen LogP contribution in [0, 0.1) is 12.8 Å². The van der Waals surface area contributed by atoms with E-state index in [4.69, 9.17) is 0 Å². The summed E-state index contributed by atoms with van der Waals surface area (Å²) >= 11 is 5.15. The highest BCUT2D eigenvalue weighted by Gasteiger charge is 2.26. The lowest BCUT2D eigenvalue weighted by Crippen LogP contribution is -2.46. The van der Waals surface area contributed by atoms with E-state index in [1.807, 2.05) is 31.4 Å². The van der Waals surface area contributed by atoms with Gasteiger partial charge in [0.2, 0.25) is 11.8 Å². The van der Waals surface area contributed by atoms with E-state index >= 15 is 0 Å². The van der Waals surface area contributed by atoms with Crippen LogP contribution in [0.15, 0.2) is 22.7 Å². The zero-order valence-corrected chi connectivity index (χ0v) is 17.3. The van der Waals surface area contributed by atoms with Gasteiger partial charge in [-0.2, -0.15) is 11.8 Å². The molecule has 25 heavy (non-hydrogen) atoms. The van der Waals surface area contributed by atoms with E-state index in [1.165, 1.54) is 6.42 Å². The molecule has 0 saturated heterocycles. The fourth-order valence-electron chi connectivity index (χ4n) is 3.11. The molecule has 0 spiro atoms. The maximum absolute atomic E-state index is 12.7. The van der Waals surface area contributed by atoms with Gasteiger partial charge in [0.1, 0.15) is 6.04 Å². The Balaban J connectivity index is 2.00. The molecule has 2 amide bonds. The Hall–Kier alpha value is -1.01. The van der Waals surface area contributed by atoms with Gasteiger partial charge in [-0.1, -0.05) is 35.2 Å². The summed E-state index contributed by atoms with van der Waals surface area (Å²) in [5.74, 6) is 0.795. The summed E-state index contributed by atoms with van der Waals surface area (Å²) in [6, 6.07) is 5.23. The van der Waals surface area contributed by atoms with Crippen LogP contribution in [-0.4, -0.2) is 29.9 Å². The van der Waals surface area contributed by atoms with Crippen molar-refractivity contribution < 1.29 is 9.59 Å². The molecule has 6 heteroatoms. The van der Waals surface area contributed by atoms with Crippen LogP contribution in [0.25, 0.3) is 0 Å². The topological polar surface area (TPSA) is 58.2 Å². The lowest BCUT2D eigenvalue weighted by atomic mass is 9.88. The van der Waals surface area contributed by atoms with E-state index in [0.717, 1.165) is 47.2 Å². The first-order valence-electron chi connectivity index (χ1n) is 8.87. The SMILES string of the molecule is CSCCC(NC(=O)C1CCCCC1)C(=O)Nc1ccc(Br)c(C)c1. The molecule has 2 N–H and O–H groups in total. The van der Waals surface area contributed by atoms with Crippen LogP contribution in [0.4, 0.5) is 5.69 Å². The Morgan fingerprint density at radius 3 is 2.64 bits per heavy atom. The summed E-state index contributed by atoms with van der Waals surface area (Å²) in [6.07, 6.45) is 7.96. The van der Waals surface area contributed by atoms with Crippen molar-refractivity contribution in [1.29, 1.82) is 0 Å². The molecule has 0 aliphatic heterocycles. The fourth-order valence-corrected chi connectivity index (χ4v) is 3.83. The number of hydrogen-bond acceptors (Lipinski definition) is 3. The first-order valence-corrected chi connectivity index (χ1v) is 11.1. The fraction of sp³-hybridized carbons (Fsp3) is 0.579. The Morgan fingerprint density at radius 1 is 1.28 bits per heavy atom. The largest absolute Gasteiger partial charge is 0.344 e. The molecule has 0 bridgehead atoms. The normalized spacial score (nSPS) is 16.3. The molecule has 138 valence electrons. The van der Waals surface area contributed by atoms with E-state index in [9.17, 15) is 9.59 Å². The minimum absolute atomic E-state index is 0.0351. The van der Waals surface area contributed by atoms with E-state index in [0.29, 0.717) is 6.42 Å². The number of thioether (sulfide) groups is 1. The molecular weight excluding hydrogens is 400 g/mol. The molecule has 1 aromatic carbocycles. The molecular formula is C19H27BrN2O2S. The molecule has 0 aromatic heterocycles. The smallest absolute Gasteiger partial charge is 0.246 e. The zero-order chi connectivity index (χ0) is 18.2. The van der Waals surface area contributed by atoms with Gasteiger partial charge in [0.15, 0.2) is 0 Å². The summed E-state index contributed by atoms with van der Waals surface area (Å²) in [5.41, 5.74) is 1.82. The van der Waals surface area contributed by atoms with E-state index in [2.05, 4.69) is 26.6 Å². The van der Waals surface area contributed by atoms with Crippen molar-refractivity contribution in [3.8, 4) is 0 Å². The average Bonchev–Trinajstić information content (AvgIpc) is 2.62. The van der Waals surface area contributed by atoms with Gasteiger partial charge in [-0.15, -0.1) is 0 Å². The lowest BCUT2D eigenvalue weighted by Gasteiger charge is -2.24. The molecule has 0 radical (unpaired) electrons. The summed E-state index contributed by atoms with van der Waals surface area (Å²) in [4.78, 5) is 25.2. The predicted octanol–water partition coefficient (Wildman–Crippen LogP) is 4.51. The van der Waals surface area contributed by atoms with Crippen LogP contribution in [0.3, 0.4) is 0 Å². The van der Waals surface area contributed by atoms with Gasteiger partial charge in [-0.05, 0) is 62.0 Å². The third-order valence-corrected chi connectivity index (χ3v) is 6.18. The van der Waals surface area contributed by atoms with Crippen molar-refractivity contribution in [2.45, 2.75) is 51.5 Å².